The van der Waals surface area contributed by atoms with Gasteiger partial charge in [-0.1, -0.05) is 0 Å². The van der Waals surface area contributed by atoms with Gasteiger partial charge in [0.1, 0.15) is 11.5 Å². The summed E-state index contributed by atoms with van der Waals surface area (Å²) in [6, 6.07) is 7.99. The number of benzene rings is 1. The molecule has 3 rings (SSSR count). The first-order valence-corrected chi connectivity index (χ1v) is 7.44. The maximum atomic E-state index is 12.9. The number of H-pyrrole nitrogens is 1. The fourth-order valence-corrected chi connectivity index (χ4v) is 2.51. The van der Waals surface area contributed by atoms with E-state index < -0.39 is 5.82 Å². The van der Waals surface area contributed by atoms with Crippen LogP contribution in [0.4, 0.5) is 4.39 Å². The third kappa shape index (κ3) is 3.32. The molecule has 1 saturated heterocycles. The van der Waals surface area contributed by atoms with Gasteiger partial charge in [0.2, 0.25) is 0 Å². The van der Waals surface area contributed by atoms with E-state index in [0.717, 1.165) is 0 Å². The first-order chi connectivity index (χ1) is 11.5. The van der Waals surface area contributed by atoms with E-state index in [2.05, 4.69) is 10.2 Å². The van der Waals surface area contributed by atoms with Crippen LogP contribution in [0.1, 0.15) is 20.8 Å². The summed E-state index contributed by atoms with van der Waals surface area (Å²) >= 11 is 0. The molecule has 7 nitrogen and oxygen atoms in total. The molecule has 1 aromatic heterocycles. The number of amides is 2. The van der Waals surface area contributed by atoms with E-state index in [1.54, 1.807) is 9.80 Å². The van der Waals surface area contributed by atoms with Crippen molar-refractivity contribution in [2.75, 3.05) is 26.2 Å². The van der Waals surface area contributed by atoms with Gasteiger partial charge in [0.05, 0.1) is 0 Å². The minimum atomic E-state index is -0.393. The number of hydrogen-bond donors (Lipinski definition) is 1. The minimum absolute atomic E-state index is 0.160. The SMILES string of the molecule is O=C(c1ccc(F)cc1)N1CCN(C(=O)c2ccc(=O)[nH]n2)CC1. The van der Waals surface area contributed by atoms with E-state index in [9.17, 15) is 18.8 Å². The summed E-state index contributed by atoms with van der Waals surface area (Å²) in [4.78, 5) is 38.8. The third-order valence-electron chi connectivity index (χ3n) is 3.84. The number of hydrogen-bond acceptors (Lipinski definition) is 4. The van der Waals surface area contributed by atoms with Crippen LogP contribution < -0.4 is 5.56 Å². The fourth-order valence-electron chi connectivity index (χ4n) is 2.51. The summed E-state index contributed by atoms with van der Waals surface area (Å²) in [5.41, 5.74) is 0.202. The standard InChI is InChI=1S/C16H15FN4O3/c17-12-3-1-11(2-4-12)15(23)20-7-9-21(10-8-20)16(24)13-5-6-14(22)19-18-13/h1-6H,7-10H2,(H,19,22). The molecule has 0 unspecified atom stereocenters. The predicted octanol–water partition coefficient (Wildman–Crippen LogP) is 0.507. The fraction of sp³-hybridized carbons (Fsp3) is 0.250. The van der Waals surface area contributed by atoms with Crippen LogP contribution in [0.15, 0.2) is 41.2 Å². The van der Waals surface area contributed by atoms with Crippen LogP contribution in [-0.4, -0.2) is 58.0 Å². The van der Waals surface area contributed by atoms with Crippen LogP contribution in [0.2, 0.25) is 0 Å². The Labute approximate surface area is 136 Å². The van der Waals surface area contributed by atoms with Crippen molar-refractivity contribution in [2.45, 2.75) is 0 Å². The van der Waals surface area contributed by atoms with Crippen LogP contribution in [0.3, 0.4) is 0 Å². The van der Waals surface area contributed by atoms with E-state index in [4.69, 9.17) is 0 Å². The predicted molar refractivity (Wildman–Crippen MR) is 83.1 cm³/mol. The lowest BCUT2D eigenvalue weighted by Crippen LogP contribution is -2.50. The zero-order valence-electron chi connectivity index (χ0n) is 12.7. The third-order valence-corrected chi connectivity index (χ3v) is 3.84. The molecule has 0 saturated carbocycles. The quantitative estimate of drug-likeness (QED) is 0.869. The number of aromatic amines is 1. The largest absolute Gasteiger partial charge is 0.335 e. The molecule has 24 heavy (non-hydrogen) atoms. The Hall–Kier alpha value is -3.03. The van der Waals surface area contributed by atoms with Crippen molar-refractivity contribution in [1.29, 1.82) is 0 Å². The summed E-state index contributed by atoms with van der Waals surface area (Å²) < 4.78 is 12.9. The van der Waals surface area contributed by atoms with Gasteiger partial charge in [0.15, 0.2) is 0 Å². The van der Waals surface area contributed by atoms with Gasteiger partial charge in [-0.15, -0.1) is 0 Å². The van der Waals surface area contributed by atoms with Crippen molar-refractivity contribution in [2.24, 2.45) is 0 Å². The second-order valence-corrected chi connectivity index (χ2v) is 5.40. The molecule has 0 radical (unpaired) electrons. The van der Waals surface area contributed by atoms with Crippen LogP contribution in [0.5, 0.6) is 0 Å². The number of nitrogens with zero attached hydrogens (tertiary/aromatic N) is 3. The van der Waals surface area contributed by atoms with Gasteiger partial charge in [-0.05, 0) is 30.3 Å². The molecule has 0 aliphatic carbocycles. The molecular weight excluding hydrogens is 315 g/mol. The summed E-state index contributed by atoms with van der Waals surface area (Å²) in [6.07, 6.45) is 0. The topological polar surface area (TPSA) is 86.4 Å². The van der Waals surface area contributed by atoms with Gasteiger partial charge < -0.3 is 9.80 Å². The van der Waals surface area contributed by atoms with E-state index in [-0.39, 0.29) is 23.1 Å². The number of nitrogens with one attached hydrogen (secondary N) is 1. The van der Waals surface area contributed by atoms with Gasteiger partial charge in [-0.25, -0.2) is 9.49 Å². The smallest absolute Gasteiger partial charge is 0.274 e. The molecule has 1 N–H and O–H groups in total. The number of carbonyl (C=O) groups excluding carboxylic acids is 2. The Morgan fingerprint density at radius 3 is 2.04 bits per heavy atom. The average Bonchev–Trinajstić information content (AvgIpc) is 2.62. The van der Waals surface area contributed by atoms with Crippen molar-refractivity contribution < 1.29 is 14.0 Å². The van der Waals surface area contributed by atoms with Gasteiger partial charge in [0.25, 0.3) is 17.4 Å². The number of piperazine rings is 1. The highest BCUT2D eigenvalue weighted by atomic mass is 19.1. The van der Waals surface area contributed by atoms with Crippen molar-refractivity contribution in [3.63, 3.8) is 0 Å². The van der Waals surface area contributed by atoms with E-state index in [1.165, 1.54) is 36.4 Å². The van der Waals surface area contributed by atoms with E-state index in [0.29, 0.717) is 31.7 Å². The number of aromatic nitrogens is 2. The molecule has 1 aliphatic rings. The second kappa shape index (κ2) is 6.61. The molecule has 8 heteroatoms. The monoisotopic (exact) mass is 330 g/mol. The van der Waals surface area contributed by atoms with Crippen LogP contribution in [-0.2, 0) is 0 Å². The van der Waals surface area contributed by atoms with Crippen LogP contribution in [0, 0.1) is 5.82 Å². The lowest BCUT2D eigenvalue weighted by Gasteiger charge is -2.34. The summed E-state index contributed by atoms with van der Waals surface area (Å²) in [5, 5.41) is 5.94. The Bertz CT molecular complexity index is 790. The molecule has 0 bridgehead atoms. The number of halogens is 1. The molecular formula is C16H15FN4O3. The first-order valence-electron chi connectivity index (χ1n) is 7.44. The summed E-state index contributed by atoms with van der Waals surface area (Å²) in [5.74, 6) is -0.875. The Kier molecular flexibility index (Phi) is 4.37. The molecule has 0 spiro atoms. The molecule has 2 heterocycles. The molecule has 2 aromatic rings. The van der Waals surface area contributed by atoms with Crippen molar-refractivity contribution in [3.8, 4) is 0 Å². The Morgan fingerprint density at radius 1 is 0.917 bits per heavy atom. The summed E-state index contributed by atoms with van der Waals surface area (Å²) in [7, 11) is 0. The second-order valence-electron chi connectivity index (χ2n) is 5.40. The van der Waals surface area contributed by atoms with E-state index in [1.807, 2.05) is 0 Å². The molecule has 0 atom stereocenters. The summed E-state index contributed by atoms with van der Waals surface area (Å²) in [6.45, 7) is 1.50. The normalized spacial score (nSPS) is 14.5. The van der Waals surface area contributed by atoms with Gasteiger partial charge >= 0.3 is 0 Å². The molecule has 1 aliphatic heterocycles. The Balaban J connectivity index is 1.62. The van der Waals surface area contributed by atoms with Crippen LogP contribution in [0.25, 0.3) is 0 Å². The van der Waals surface area contributed by atoms with Gasteiger partial charge in [-0.2, -0.15) is 5.10 Å². The van der Waals surface area contributed by atoms with Gasteiger partial charge in [-0.3, -0.25) is 14.4 Å². The zero-order chi connectivity index (χ0) is 17.1. The molecule has 1 aromatic carbocycles. The Morgan fingerprint density at radius 2 is 1.50 bits per heavy atom. The van der Waals surface area contributed by atoms with Gasteiger partial charge in [0, 0.05) is 37.8 Å². The highest BCUT2D eigenvalue weighted by Gasteiger charge is 2.26. The molecule has 124 valence electrons. The lowest BCUT2D eigenvalue weighted by atomic mass is 10.1. The highest BCUT2D eigenvalue weighted by molar-refractivity contribution is 5.95. The zero-order valence-corrected chi connectivity index (χ0v) is 12.7. The van der Waals surface area contributed by atoms with Crippen LogP contribution >= 0.6 is 0 Å². The number of rotatable bonds is 2. The van der Waals surface area contributed by atoms with Crippen molar-refractivity contribution in [1.82, 2.24) is 20.0 Å². The molecule has 2 amide bonds. The highest BCUT2D eigenvalue weighted by Crippen LogP contribution is 2.11. The van der Waals surface area contributed by atoms with Crippen molar-refractivity contribution >= 4 is 11.8 Å². The number of carbonyl (C=O) groups is 2. The lowest BCUT2D eigenvalue weighted by molar-refractivity contribution is 0.0531. The van der Waals surface area contributed by atoms with Crippen molar-refractivity contribution in [3.05, 3.63) is 63.8 Å². The average molecular weight is 330 g/mol. The van der Waals surface area contributed by atoms with E-state index >= 15 is 0 Å². The first kappa shape index (κ1) is 15.9. The maximum absolute atomic E-state index is 12.9. The maximum Gasteiger partial charge on any atom is 0.274 e. The molecule has 1 fully saturated rings. The minimum Gasteiger partial charge on any atom is -0.335 e.